The Balaban J connectivity index is 1.99. The smallest absolute Gasteiger partial charge is 0.147 e. The quantitative estimate of drug-likeness (QED) is 0.623. The van der Waals surface area contributed by atoms with Crippen molar-refractivity contribution in [3.05, 3.63) is 35.4 Å². The summed E-state index contributed by atoms with van der Waals surface area (Å²) in [6.07, 6.45) is 2.68. The van der Waals surface area contributed by atoms with Crippen LogP contribution in [0.15, 0.2) is 24.3 Å². The van der Waals surface area contributed by atoms with Gasteiger partial charge >= 0.3 is 0 Å². The van der Waals surface area contributed by atoms with Gasteiger partial charge in [0.05, 0.1) is 12.7 Å². The van der Waals surface area contributed by atoms with Crippen molar-refractivity contribution in [2.75, 3.05) is 13.4 Å². The fourth-order valence-electron chi connectivity index (χ4n) is 2.53. The molecule has 2 heteroatoms. The second-order valence-electron chi connectivity index (χ2n) is 4.04. The van der Waals surface area contributed by atoms with Crippen molar-refractivity contribution in [2.45, 2.75) is 24.9 Å². The molecule has 0 saturated carbocycles. The lowest BCUT2D eigenvalue weighted by Crippen LogP contribution is -2.36. The monoisotopic (exact) mass is 190 g/mol. The zero-order valence-electron chi connectivity index (χ0n) is 8.11. The maximum absolute atomic E-state index is 5.62. The van der Waals surface area contributed by atoms with E-state index in [1.807, 2.05) is 0 Å². The first-order valence-corrected chi connectivity index (χ1v) is 5.22. The predicted octanol–water partition coefficient (Wildman–Crippen LogP) is 2.09. The Hall–Kier alpha value is -0.860. The molecule has 0 amide bonds. The van der Waals surface area contributed by atoms with Gasteiger partial charge < -0.3 is 9.47 Å². The second kappa shape index (κ2) is 3.37. The van der Waals surface area contributed by atoms with Gasteiger partial charge in [0.25, 0.3) is 0 Å². The molecule has 2 aliphatic rings. The molecule has 14 heavy (non-hydrogen) atoms. The van der Waals surface area contributed by atoms with Gasteiger partial charge in [0.2, 0.25) is 0 Å². The molecule has 0 bridgehead atoms. The molecule has 0 N–H and O–H groups in total. The molecule has 1 saturated heterocycles. The number of rotatable bonds is 0. The molecule has 2 unspecified atom stereocenters. The van der Waals surface area contributed by atoms with Gasteiger partial charge in [0.1, 0.15) is 6.79 Å². The third-order valence-electron chi connectivity index (χ3n) is 3.26. The van der Waals surface area contributed by atoms with Crippen LogP contribution < -0.4 is 0 Å². The van der Waals surface area contributed by atoms with Crippen LogP contribution in [0.3, 0.4) is 0 Å². The van der Waals surface area contributed by atoms with Gasteiger partial charge in [0.15, 0.2) is 0 Å². The van der Waals surface area contributed by atoms with Crippen LogP contribution >= 0.6 is 0 Å². The average molecular weight is 190 g/mol. The Morgan fingerprint density at radius 3 is 3.14 bits per heavy atom. The van der Waals surface area contributed by atoms with Crippen molar-refractivity contribution in [3.63, 3.8) is 0 Å². The van der Waals surface area contributed by atoms with E-state index in [0.29, 0.717) is 18.8 Å². The predicted molar refractivity (Wildman–Crippen MR) is 53.2 cm³/mol. The Morgan fingerprint density at radius 1 is 1.21 bits per heavy atom. The SMILES string of the molecule is c1ccc2c(c1)CCC1OCOCC21. The molecule has 1 aliphatic heterocycles. The van der Waals surface area contributed by atoms with Crippen molar-refractivity contribution < 1.29 is 9.47 Å². The van der Waals surface area contributed by atoms with Crippen molar-refractivity contribution in [3.8, 4) is 0 Å². The minimum absolute atomic E-state index is 0.388. The summed E-state index contributed by atoms with van der Waals surface area (Å²) in [4.78, 5) is 0. The van der Waals surface area contributed by atoms with Gasteiger partial charge in [-0.2, -0.15) is 0 Å². The third kappa shape index (κ3) is 1.26. The van der Waals surface area contributed by atoms with Gasteiger partial charge in [-0.25, -0.2) is 0 Å². The molecule has 1 aromatic carbocycles. The molecule has 3 rings (SSSR count). The van der Waals surface area contributed by atoms with Gasteiger partial charge in [-0.05, 0) is 24.0 Å². The molecule has 1 aliphatic carbocycles. The van der Waals surface area contributed by atoms with Gasteiger partial charge in [-0.3, -0.25) is 0 Å². The second-order valence-corrected chi connectivity index (χ2v) is 4.04. The van der Waals surface area contributed by atoms with E-state index in [0.717, 1.165) is 19.4 Å². The topological polar surface area (TPSA) is 18.5 Å². The van der Waals surface area contributed by atoms with Crippen LogP contribution in [0, 0.1) is 0 Å². The van der Waals surface area contributed by atoms with E-state index in [2.05, 4.69) is 24.3 Å². The van der Waals surface area contributed by atoms with Crippen LogP contribution in [0.4, 0.5) is 0 Å². The summed E-state index contributed by atoms with van der Waals surface area (Å²) in [5, 5.41) is 0. The van der Waals surface area contributed by atoms with Crippen molar-refractivity contribution in [2.24, 2.45) is 0 Å². The molecular weight excluding hydrogens is 176 g/mol. The minimum Gasteiger partial charge on any atom is -0.355 e. The highest BCUT2D eigenvalue weighted by Gasteiger charge is 2.32. The van der Waals surface area contributed by atoms with Crippen LogP contribution in [0.2, 0.25) is 0 Å². The summed E-state index contributed by atoms with van der Waals surface area (Å²) in [5.41, 5.74) is 2.91. The summed E-state index contributed by atoms with van der Waals surface area (Å²) >= 11 is 0. The molecule has 0 spiro atoms. The van der Waals surface area contributed by atoms with Crippen LogP contribution in [-0.2, 0) is 15.9 Å². The van der Waals surface area contributed by atoms with E-state index in [9.17, 15) is 0 Å². The van der Waals surface area contributed by atoms with Crippen LogP contribution in [0.25, 0.3) is 0 Å². The van der Waals surface area contributed by atoms with Gasteiger partial charge in [-0.1, -0.05) is 24.3 Å². The number of hydrogen-bond donors (Lipinski definition) is 0. The van der Waals surface area contributed by atoms with Crippen molar-refractivity contribution in [1.82, 2.24) is 0 Å². The summed E-state index contributed by atoms with van der Waals surface area (Å²) in [6.45, 7) is 1.30. The fraction of sp³-hybridized carbons (Fsp3) is 0.500. The lowest BCUT2D eigenvalue weighted by atomic mass is 9.81. The maximum Gasteiger partial charge on any atom is 0.147 e. The van der Waals surface area contributed by atoms with E-state index < -0.39 is 0 Å². The number of ether oxygens (including phenoxy) is 2. The van der Waals surface area contributed by atoms with Gasteiger partial charge in [0, 0.05) is 5.92 Å². The molecule has 2 nitrogen and oxygen atoms in total. The Labute approximate surface area is 83.8 Å². The molecule has 1 fully saturated rings. The standard InChI is InChI=1S/C12H14O2/c1-2-4-10-9(3-1)5-6-12-11(10)7-13-8-14-12/h1-4,11-12H,5-8H2. The summed E-state index contributed by atoms with van der Waals surface area (Å²) in [5.74, 6) is 0.466. The lowest BCUT2D eigenvalue weighted by molar-refractivity contribution is -0.155. The third-order valence-corrected chi connectivity index (χ3v) is 3.26. The van der Waals surface area contributed by atoms with Gasteiger partial charge in [-0.15, -0.1) is 0 Å². The number of fused-ring (bicyclic) bond motifs is 3. The largest absolute Gasteiger partial charge is 0.355 e. The molecule has 0 radical (unpaired) electrons. The molecule has 2 atom stereocenters. The fourth-order valence-corrected chi connectivity index (χ4v) is 2.53. The molecule has 1 aromatic rings. The van der Waals surface area contributed by atoms with E-state index in [-0.39, 0.29) is 0 Å². The van der Waals surface area contributed by atoms with E-state index in [1.165, 1.54) is 11.1 Å². The summed E-state index contributed by atoms with van der Waals surface area (Å²) < 4.78 is 11.0. The van der Waals surface area contributed by atoms with E-state index in [1.54, 1.807) is 0 Å². The number of hydrogen-bond acceptors (Lipinski definition) is 2. The Kier molecular flexibility index (Phi) is 2.03. The van der Waals surface area contributed by atoms with Crippen molar-refractivity contribution >= 4 is 0 Å². The Morgan fingerprint density at radius 2 is 2.14 bits per heavy atom. The zero-order chi connectivity index (χ0) is 9.38. The number of aryl methyl sites for hydroxylation is 1. The lowest BCUT2D eigenvalue weighted by Gasteiger charge is -2.36. The van der Waals surface area contributed by atoms with Crippen molar-refractivity contribution in [1.29, 1.82) is 0 Å². The van der Waals surface area contributed by atoms with E-state index >= 15 is 0 Å². The molecular formula is C12H14O2. The molecule has 1 heterocycles. The number of benzene rings is 1. The normalized spacial score (nSPS) is 30.6. The summed E-state index contributed by atoms with van der Waals surface area (Å²) in [7, 11) is 0. The first-order valence-electron chi connectivity index (χ1n) is 5.22. The average Bonchev–Trinajstić information content (AvgIpc) is 2.29. The van der Waals surface area contributed by atoms with Crippen LogP contribution in [0.1, 0.15) is 23.5 Å². The zero-order valence-corrected chi connectivity index (χ0v) is 8.11. The maximum atomic E-state index is 5.62. The molecule has 74 valence electrons. The molecule has 0 aromatic heterocycles. The highest BCUT2D eigenvalue weighted by atomic mass is 16.7. The summed E-state index contributed by atoms with van der Waals surface area (Å²) in [6, 6.07) is 8.66. The first-order chi connectivity index (χ1) is 6.95. The highest BCUT2D eigenvalue weighted by molar-refractivity contribution is 5.34. The Bertz CT molecular complexity index is 335. The van der Waals surface area contributed by atoms with Crippen LogP contribution in [0.5, 0.6) is 0 Å². The first kappa shape index (κ1) is 8.45. The van der Waals surface area contributed by atoms with Crippen LogP contribution in [-0.4, -0.2) is 19.5 Å². The highest BCUT2D eigenvalue weighted by Crippen LogP contribution is 2.35. The minimum atomic E-state index is 0.388. The van der Waals surface area contributed by atoms with E-state index in [4.69, 9.17) is 9.47 Å².